The first-order valence-electron chi connectivity index (χ1n) is 4.30. The molecule has 0 aliphatic carbocycles. The van der Waals surface area contributed by atoms with E-state index in [1.807, 2.05) is 0 Å². The Morgan fingerprint density at radius 1 is 1.10 bits per heavy atom. The maximum absolute atomic E-state index is 2.64. The minimum Gasteiger partial charge on any atom is -0.306 e. The number of likely N-dealkylation sites (tertiary alicyclic amines) is 1. The van der Waals surface area contributed by atoms with Crippen LogP contribution in [0.3, 0.4) is 0 Å². The SMILES string of the molecule is C[Si](C)CN1CCCCC1. The summed E-state index contributed by atoms with van der Waals surface area (Å²) in [5.74, 6) is 0. The van der Waals surface area contributed by atoms with Crippen LogP contribution in [0.1, 0.15) is 19.3 Å². The van der Waals surface area contributed by atoms with E-state index in [2.05, 4.69) is 18.0 Å². The van der Waals surface area contributed by atoms with Gasteiger partial charge in [0.2, 0.25) is 0 Å². The van der Waals surface area contributed by atoms with Gasteiger partial charge in [0.25, 0.3) is 0 Å². The number of hydrogen-bond acceptors (Lipinski definition) is 1. The fraction of sp³-hybridized carbons (Fsp3) is 1.00. The molecular formula is C8H18NSi. The van der Waals surface area contributed by atoms with Crippen LogP contribution in [0.4, 0.5) is 0 Å². The lowest BCUT2D eigenvalue weighted by molar-refractivity contribution is 0.261. The van der Waals surface area contributed by atoms with E-state index in [1.165, 1.54) is 38.5 Å². The number of nitrogens with zero attached hydrogens (tertiary/aromatic N) is 1. The van der Waals surface area contributed by atoms with Gasteiger partial charge >= 0.3 is 0 Å². The summed E-state index contributed by atoms with van der Waals surface area (Å²) < 4.78 is 0. The Balaban J connectivity index is 2.13. The van der Waals surface area contributed by atoms with E-state index in [9.17, 15) is 0 Å². The molecule has 1 heterocycles. The number of hydrogen-bond donors (Lipinski definition) is 0. The standard InChI is InChI=1S/C8H18NSi/c1-10(2)8-9-6-4-3-5-7-9/h3-8H2,1-2H3. The van der Waals surface area contributed by atoms with Crippen LogP contribution >= 0.6 is 0 Å². The molecule has 59 valence electrons. The summed E-state index contributed by atoms with van der Waals surface area (Å²) in [7, 11) is -0.00760. The second-order valence-electron chi connectivity index (χ2n) is 3.54. The highest BCUT2D eigenvalue weighted by molar-refractivity contribution is 6.55. The van der Waals surface area contributed by atoms with Crippen molar-refractivity contribution >= 4 is 8.80 Å². The summed E-state index contributed by atoms with van der Waals surface area (Å²) in [6.45, 7) is 7.55. The van der Waals surface area contributed by atoms with Crippen molar-refractivity contribution in [3.05, 3.63) is 0 Å². The van der Waals surface area contributed by atoms with Crippen molar-refractivity contribution in [2.75, 3.05) is 19.3 Å². The van der Waals surface area contributed by atoms with Gasteiger partial charge in [-0.1, -0.05) is 19.5 Å². The van der Waals surface area contributed by atoms with Gasteiger partial charge in [-0.2, -0.15) is 0 Å². The zero-order valence-electron chi connectivity index (χ0n) is 7.19. The third kappa shape index (κ3) is 2.84. The third-order valence-electron chi connectivity index (χ3n) is 1.99. The lowest BCUT2D eigenvalue weighted by atomic mass is 10.1. The molecule has 0 N–H and O–H groups in total. The maximum Gasteiger partial charge on any atom is 0.0584 e. The smallest absolute Gasteiger partial charge is 0.0584 e. The minimum atomic E-state index is -0.00760. The van der Waals surface area contributed by atoms with E-state index in [4.69, 9.17) is 0 Å². The highest BCUT2D eigenvalue weighted by Crippen LogP contribution is 2.08. The molecule has 1 aliphatic rings. The van der Waals surface area contributed by atoms with Crippen molar-refractivity contribution < 1.29 is 0 Å². The third-order valence-corrected chi connectivity index (χ3v) is 3.07. The Hall–Kier alpha value is 0.177. The summed E-state index contributed by atoms with van der Waals surface area (Å²) >= 11 is 0. The molecule has 1 nitrogen and oxygen atoms in total. The summed E-state index contributed by atoms with van der Waals surface area (Å²) in [6.07, 6.45) is 5.75. The van der Waals surface area contributed by atoms with Crippen LogP contribution in [0.2, 0.25) is 13.1 Å². The first kappa shape index (κ1) is 8.28. The molecule has 1 rings (SSSR count). The lowest BCUT2D eigenvalue weighted by Crippen LogP contribution is -2.35. The monoisotopic (exact) mass is 156 g/mol. The van der Waals surface area contributed by atoms with Gasteiger partial charge in [-0.25, -0.2) is 0 Å². The molecule has 1 aliphatic heterocycles. The molecule has 0 aromatic rings. The normalized spacial score (nSPS) is 21.9. The van der Waals surface area contributed by atoms with Crippen molar-refractivity contribution in [1.82, 2.24) is 4.90 Å². The molecule has 0 atom stereocenters. The first-order valence-corrected chi connectivity index (χ1v) is 7.01. The molecule has 1 radical (unpaired) electrons. The summed E-state index contributed by atoms with van der Waals surface area (Å²) in [5, 5.41) is 0. The molecule has 2 heteroatoms. The molecule has 0 saturated carbocycles. The van der Waals surface area contributed by atoms with Gasteiger partial charge in [-0.3, -0.25) is 0 Å². The van der Waals surface area contributed by atoms with Crippen LogP contribution in [0, 0.1) is 0 Å². The molecule has 1 saturated heterocycles. The van der Waals surface area contributed by atoms with Gasteiger partial charge in [0.1, 0.15) is 0 Å². The Kier molecular flexibility index (Phi) is 3.42. The zero-order valence-corrected chi connectivity index (χ0v) is 8.19. The highest BCUT2D eigenvalue weighted by Gasteiger charge is 2.10. The molecule has 10 heavy (non-hydrogen) atoms. The second-order valence-corrected chi connectivity index (χ2v) is 6.27. The molecule has 0 aromatic carbocycles. The Morgan fingerprint density at radius 3 is 2.20 bits per heavy atom. The van der Waals surface area contributed by atoms with Crippen LogP contribution in [0.25, 0.3) is 0 Å². The van der Waals surface area contributed by atoms with Crippen molar-refractivity contribution in [3.63, 3.8) is 0 Å². The molecule has 0 aromatic heterocycles. The average Bonchev–Trinajstić information content (AvgIpc) is 1.88. The fourth-order valence-electron chi connectivity index (χ4n) is 1.56. The van der Waals surface area contributed by atoms with Gasteiger partial charge in [-0.05, 0) is 32.1 Å². The topological polar surface area (TPSA) is 3.24 Å². The Labute approximate surface area is 66.0 Å². The van der Waals surface area contributed by atoms with Crippen LogP contribution < -0.4 is 0 Å². The lowest BCUT2D eigenvalue weighted by Gasteiger charge is -2.27. The quantitative estimate of drug-likeness (QED) is 0.551. The van der Waals surface area contributed by atoms with Gasteiger partial charge < -0.3 is 4.90 Å². The van der Waals surface area contributed by atoms with Gasteiger partial charge in [0.05, 0.1) is 8.80 Å². The highest BCUT2D eigenvalue weighted by atomic mass is 28.3. The molecule has 0 unspecified atom stereocenters. The van der Waals surface area contributed by atoms with Crippen molar-refractivity contribution in [2.24, 2.45) is 0 Å². The molecule has 0 bridgehead atoms. The molecule has 0 amide bonds. The molecule has 0 spiro atoms. The largest absolute Gasteiger partial charge is 0.306 e. The zero-order chi connectivity index (χ0) is 7.40. The number of piperidine rings is 1. The minimum absolute atomic E-state index is 0.00760. The van der Waals surface area contributed by atoms with Crippen LogP contribution in [0.15, 0.2) is 0 Å². The van der Waals surface area contributed by atoms with Crippen LogP contribution in [-0.4, -0.2) is 33.0 Å². The first-order chi connectivity index (χ1) is 4.79. The second kappa shape index (κ2) is 4.14. The fourth-order valence-corrected chi connectivity index (χ4v) is 2.78. The van der Waals surface area contributed by atoms with Crippen molar-refractivity contribution in [2.45, 2.75) is 32.4 Å². The van der Waals surface area contributed by atoms with E-state index >= 15 is 0 Å². The van der Waals surface area contributed by atoms with Gasteiger partial charge in [-0.15, -0.1) is 0 Å². The van der Waals surface area contributed by atoms with E-state index < -0.39 is 0 Å². The van der Waals surface area contributed by atoms with Crippen LogP contribution in [0.5, 0.6) is 0 Å². The Morgan fingerprint density at radius 2 is 1.70 bits per heavy atom. The van der Waals surface area contributed by atoms with Crippen LogP contribution in [-0.2, 0) is 0 Å². The predicted molar refractivity (Wildman–Crippen MR) is 47.8 cm³/mol. The molecular weight excluding hydrogens is 138 g/mol. The molecule has 1 fully saturated rings. The Bertz CT molecular complexity index is 87.3. The summed E-state index contributed by atoms with van der Waals surface area (Å²) in [6, 6.07) is 0. The van der Waals surface area contributed by atoms with Gasteiger partial charge in [0.15, 0.2) is 0 Å². The van der Waals surface area contributed by atoms with Crippen molar-refractivity contribution in [3.8, 4) is 0 Å². The summed E-state index contributed by atoms with van der Waals surface area (Å²) in [4.78, 5) is 2.64. The van der Waals surface area contributed by atoms with E-state index in [1.54, 1.807) is 0 Å². The average molecular weight is 156 g/mol. The number of rotatable bonds is 2. The maximum atomic E-state index is 2.64. The van der Waals surface area contributed by atoms with Crippen molar-refractivity contribution in [1.29, 1.82) is 0 Å². The van der Waals surface area contributed by atoms with E-state index in [0.29, 0.717) is 0 Å². The van der Waals surface area contributed by atoms with E-state index in [-0.39, 0.29) is 8.80 Å². The van der Waals surface area contributed by atoms with Gasteiger partial charge in [0, 0.05) is 0 Å². The summed E-state index contributed by atoms with van der Waals surface area (Å²) in [5.41, 5.74) is 0. The van der Waals surface area contributed by atoms with E-state index in [0.717, 1.165) is 0 Å². The predicted octanol–water partition coefficient (Wildman–Crippen LogP) is 1.77.